The number of ether oxygens (including phenoxy) is 12. The molecule has 0 radical (unpaired) electrons. The molecule has 14 nitrogen and oxygen atoms in total. The van der Waals surface area contributed by atoms with Crippen LogP contribution in [0.25, 0.3) is 0 Å². The number of esters is 1. The highest BCUT2D eigenvalue weighted by molar-refractivity contribution is 5.69. The van der Waals surface area contributed by atoms with Gasteiger partial charge in [0, 0.05) is 6.42 Å². The molecule has 52 heavy (non-hydrogen) atoms. The topological polar surface area (TPSA) is 148 Å². The molecule has 1 N–H and O–H groups in total. The Balaban J connectivity index is 3.11. The van der Waals surface area contributed by atoms with E-state index in [1.54, 1.807) is 0 Å². The molecule has 0 saturated heterocycles. The number of carbonyl (C=O) groups is 1. The predicted octanol–water partition coefficient (Wildman–Crippen LogP) is 4.41. The third-order valence-electron chi connectivity index (χ3n) is 7.43. The average molecular weight is 757 g/mol. The molecular formula is C38H76O14. The number of carbonyl (C=O) groups excluding carboxylic acids is 1. The Hall–Kier alpha value is -1.01. The summed E-state index contributed by atoms with van der Waals surface area (Å²) in [5.41, 5.74) is 0. The van der Waals surface area contributed by atoms with Crippen molar-refractivity contribution in [1.82, 2.24) is 0 Å². The van der Waals surface area contributed by atoms with Crippen LogP contribution in [0.5, 0.6) is 0 Å². The zero-order valence-electron chi connectivity index (χ0n) is 32.7. The molecule has 0 saturated carbocycles. The zero-order chi connectivity index (χ0) is 37.5. The first-order valence-electron chi connectivity index (χ1n) is 19.9. The monoisotopic (exact) mass is 757 g/mol. The summed E-state index contributed by atoms with van der Waals surface area (Å²) in [5.74, 6) is -0.136. The van der Waals surface area contributed by atoms with Crippen molar-refractivity contribution in [2.75, 3.05) is 159 Å². The van der Waals surface area contributed by atoms with Crippen molar-refractivity contribution in [1.29, 1.82) is 0 Å². The minimum Gasteiger partial charge on any atom is -0.463 e. The summed E-state index contributed by atoms with van der Waals surface area (Å²) in [6.07, 6.45) is 14.4. The second kappa shape index (κ2) is 48.0. The van der Waals surface area contributed by atoms with Crippen molar-refractivity contribution >= 4 is 5.97 Å². The van der Waals surface area contributed by atoms with E-state index in [0.29, 0.717) is 152 Å². The summed E-state index contributed by atoms with van der Waals surface area (Å²) in [7, 11) is 0. The fourth-order valence-corrected chi connectivity index (χ4v) is 4.59. The first-order valence-corrected chi connectivity index (χ1v) is 19.9. The minimum atomic E-state index is -0.136. The third kappa shape index (κ3) is 47.0. The van der Waals surface area contributed by atoms with Gasteiger partial charge in [0.2, 0.25) is 0 Å². The Morgan fingerprint density at radius 2 is 0.558 bits per heavy atom. The van der Waals surface area contributed by atoms with Crippen LogP contribution in [0.2, 0.25) is 0 Å². The number of aliphatic hydroxyl groups excluding tert-OH is 1. The van der Waals surface area contributed by atoms with E-state index in [4.69, 9.17) is 61.9 Å². The number of unbranched alkanes of at least 4 members (excludes halogenated alkanes) is 10. The maximum Gasteiger partial charge on any atom is 0.305 e. The molecule has 0 aliphatic carbocycles. The molecule has 0 rings (SSSR count). The zero-order valence-corrected chi connectivity index (χ0v) is 32.7. The Morgan fingerprint density at radius 1 is 0.327 bits per heavy atom. The molecule has 0 bridgehead atoms. The van der Waals surface area contributed by atoms with Gasteiger partial charge in [-0.25, -0.2) is 0 Å². The molecule has 0 aromatic heterocycles. The quantitative estimate of drug-likeness (QED) is 0.0691. The Bertz CT molecular complexity index is 661. The third-order valence-corrected chi connectivity index (χ3v) is 7.43. The van der Waals surface area contributed by atoms with Gasteiger partial charge in [-0.3, -0.25) is 4.79 Å². The van der Waals surface area contributed by atoms with Crippen LogP contribution >= 0.6 is 0 Å². The molecule has 0 aliphatic heterocycles. The van der Waals surface area contributed by atoms with Crippen LogP contribution in [0.4, 0.5) is 0 Å². The van der Waals surface area contributed by atoms with Crippen molar-refractivity contribution in [3.05, 3.63) is 0 Å². The van der Waals surface area contributed by atoms with Gasteiger partial charge in [-0.05, 0) is 6.42 Å². The minimum absolute atomic E-state index is 0.0231. The van der Waals surface area contributed by atoms with E-state index in [1.165, 1.54) is 57.8 Å². The van der Waals surface area contributed by atoms with Crippen molar-refractivity contribution in [2.45, 2.75) is 84.0 Å². The van der Waals surface area contributed by atoms with Gasteiger partial charge in [-0.15, -0.1) is 0 Å². The van der Waals surface area contributed by atoms with Gasteiger partial charge in [0.15, 0.2) is 0 Å². The van der Waals surface area contributed by atoms with E-state index in [9.17, 15) is 4.79 Å². The number of aliphatic hydroxyl groups is 1. The van der Waals surface area contributed by atoms with Gasteiger partial charge in [0.25, 0.3) is 0 Å². The first-order chi connectivity index (χ1) is 25.8. The van der Waals surface area contributed by atoms with Crippen LogP contribution < -0.4 is 0 Å². The van der Waals surface area contributed by atoms with Crippen molar-refractivity contribution in [2.24, 2.45) is 0 Å². The van der Waals surface area contributed by atoms with Gasteiger partial charge in [0.1, 0.15) is 6.61 Å². The summed E-state index contributed by atoms with van der Waals surface area (Å²) in [6.45, 7) is 13.1. The number of rotatable bonds is 47. The lowest BCUT2D eigenvalue weighted by Crippen LogP contribution is -2.15. The standard InChI is InChI=1S/C38H76O14/c1-2-3-4-5-6-7-8-9-10-11-12-13-38(40)52-37-36-51-35-34-50-33-32-49-31-30-48-29-28-47-27-26-46-25-24-45-23-22-44-21-20-43-19-18-42-17-16-41-15-14-39/h39H,2-37H2,1H3. The highest BCUT2D eigenvalue weighted by Gasteiger charge is 2.03. The van der Waals surface area contributed by atoms with Gasteiger partial charge in [-0.2, -0.15) is 0 Å². The fourth-order valence-electron chi connectivity index (χ4n) is 4.59. The smallest absolute Gasteiger partial charge is 0.305 e. The van der Waals surface area contributed by atoms with Gasteiger partial charge in [0.05, 0.1) is 152 Å². The molecule has 0 unspecified atom stereocenters. The summed E-state index contributed by atoms with van der Waals surface area (Å²) < 4.78 is 64.9. The molecule has 312 valence electrons. The highest BCUT2D eigenvalue weighted by atomic mass is 16.6. The summed E-state index contributed by atoms with van der Waals surface area (Å²) in [6, 6.07) is 0. The van der Waals surface area contributed by atoms with Crippen LogP contribution in [0.1, 0.15) is 84.0 Å². The highest BCUT2D eigenvalue weighted by Crippen LogP contribution is 2.12. The van der Waals surface area contributed by atoms with E-state index in [2.05, 4.69) is 6.92 Å². The maximum absolute atomic E-state index is 11.8. The van der Waals surface area contributed by atoms with E-state index >= 15 is 0 Å². The summed E-state index contributed by atoms with van der Waals surface area (Å²) in [4.78, 5) is 11.8. The molecule has 0 amide bonds. The Kier molecular flexibility index (Phi) is 47.1. The van der Waals surface area contributed by atoms with Crippen LogP contribution in [-0.4, -0.2) is 170 Å². The summed E-state index contributed by atoms with van der Waals surface area (Å²) in [5, 5.41) is 8.59. The Morgan fingerprint density at radius 3 is 0.827 bits per heavy atom. The second-order valence-electron chi connectivity index (χ2n) is 12.0. The van der Waals surface area contributed by atoms with Crippen LogP contribution in [0.15, 0.2) is 0 Å². The molecule has 0 aromatic rings. The van der Waals surface area contributed by atoms with Gasteiger partial charge < -0.3 is 61.9 Å². The van der Waals surface area contributed by atoms with Crippen molar-refractivity contribution < 1.29 is 66.7 Å². The van der Waals surface area contributed by atoms with Crippen LogP contribution in [0, 0.1) is 0 Å². The van der Waals surface area contributed by atoms with Gasteiger partial charge in [-0.1, -0.05) is 71.1 Å². The normalized spacial score (nSPS) is 11.5. The molecule has 0 aliphatic rings. The molecule has 14 heteroatoms. The summed E-state index contributed by atoms with van der Waals surface area (Å²) >= 11 is 0. The van der Waals surface area contributed by atoms with Gasteiger partial charge >= 0.3 is 5.97 Å². The number of hydrogen-bond acceptors (Lipinski definition) is 14. The second-order valence-corrected chi connectivity index (χ2v) is 12.0. The molecule has 0 spiro atoms. The lowest BCUT2D eigenvalue weighted by atomic mass is 10.1. The largest absolute Gasteiger partial charge is 0.463 e. The molecular weight excluding hydrogens is 680 g/mol. The molecule has 0 atom stereocenters. The molecule has 0 aromatic carbocycles. The van der Waals surface area contributed by atoms with E-state index in [-0.39, 0.29) is 19.2 Å². The number of hydrogen-bond donors (Lipinski definition) is 1. The van der Waals surface area contributed by atoms with E-state index < -0.39 is 0 Å². The van der Waals surface area contributed by atoms with E-state index in [1.807, 2.05) is 0 Å². The maximum atomic E-state index is 11.8. The Labute approximate surface area is 315 Å². The molecule has 0 fully saturated rings. The van der Waals surface area contributed by atoms with Crippen molar-refractivity contribution in [3.8, 4) is 0 Å². The van der Waals surface area contributed by atoms with Crippen molar-refractivity contribution in [3.63, 3.8) is 0 Å². The average Bonchev–Trinajstić information content (AvgIpc) is 3.15. The van der Waals surface area contributed by atoms with Crippen LogP contribution in [0.3, 0.4) is 0 Å². The lowest BCUT2D eigenvalue weighted by molar-refractivity contribution is -0.145. The molecule has 0 heterocycles. The SMILES string of the molecule is CCCCCCCCCCCCCC(=O)OCCOCCOCCOCCOCCOCCOCCOCCOCCOCCOCCOCCO. The first kappa shape index (κ1) is 51.0. The predicted molar refractivity (Wildman–Crippen MR) is 198 cm³/mol. The fraction of sp³-hybridized carbons (Fsp3) is 0.974. The van der Waals surface area contributed by atoms with Crippen LogP contribution in [-0.2, 0) is 61.6 Å². The lowest BCUT2D eigenvalue weighted by Gasteiger charge is -2.09. The van der Waals surface area contributed by atoms with E-state index in [0.717, 1.165) is 12.8 Å².